The monoisotopic (exact) mass is 536 g/mol. The molecule has 3 aromatic rings. The van der Waals surface area contributed by atoms with E-state index in [2.05, 4.69) is 5.32 Å². The van der Waals surface area contributed by atoms with Gasteiger partial charge in [-0.05, 0) is 50.1 Å². The van der Waals surface area contributed by atoms with Gasteiger partial charge in [-0.3, -0.25) is 19.3 Å². The van der Waals surface area contributed by atoms with Crippen molar-refractivity contribution in [3.05, 3.63) is 64.0 Å². The number of carbonyl (C=O) groups excluding carboxylic acids is 4. The minimum absolute atomic E-state index is 0.138. The predicted octanol–water partition coefficient (Wildman–Crippen LogP) is 4.93. The zero-order chi connectivity index (χ0) is 27.6. The molecule has 1 aliphatic rings. The molecule has 0 aliphatic carbocycles. The number of nitrogens with zero attached hydrogens (tertiary/aromatic N) is 1. The van der Waals surface area contributed by atoms with E-state index in [0.717, 1.165) is 9.78 Å². The van der Waals surface area contributed by atoms with Gasteiger partial charge in [-0.25, -0.2) is 4.79 Å². The zero-order valence-corrected chi connectivity index (χ0v) is 22.6. The molecule has 1 unspecified atom stereocenters. The van der Waals surface area contributed by atoms with E-state index in [4.69, 9.17) is 14.2 Å². The standard InChI is InChI=1S/C28H28N2O7S/c1-6-19(30-26(32)17-10-8-9-11-18(17)27(30)33)24(31)29-25-23(28(34)37-7-2)22(15(3)38-25)16-12-13-20(35-4)21(14-16)36-5/h8-14,19H,6-7H2,1-5H3,(H,29,31). The van der Waals surface area contributed by atoms with Crippen LogP contribution in [-0.4, -0.2) is 55.5 Å². The molecule has 3 amide bonds. The number of thiophene rings is 1. The molecule has 9 nitrogen and oxygen atoms in total. The highest BCUT2D eigenvalue weighted by Gasteiger charge is 2.42. The Morgan fingerprint density at radius 2 is 1.61 bits per heavy atom. The highest BCUT2D eigenvalue weighted by atomic mass is 32.1. The van der Waals surface area contributed by atoms with E-state index in [-0.39, 0.29) is 34.7 Å². The van der Waals surface area contributed by atoms with Crippen molar-refractivity contribution in [2.45, 2.75) is 33.2 Å². The van der Waals surface area contributed by atoms with Crippen molar-refractivity contribution < 1.29 is 33.4 Å². The maximum absolute atomic E-state index is 13.5. The third-order valence-electron chi connectivity index (χ3n) is 6.30. The van der Waals surface area contributed by atoms with Gasteiger partial charge in [0.1, 0.15) is 16.6 Å². The van der Waals surface area contributed by atoms with Gasteiger partial charge in [-0.1, -0.05) is 25.1 Å². The molecule has 198 valence electrons. The topological polar surface area (TPSA) is 111 Å². The molecule has 0 saturated carbocycles. The molecule has 0 bridgehead atoms. The van der Waals surface area contributed by atoms with Gasteiger partial charge >= 0.3 is 5.97 Å². The second-order valence-electron chi connectivity index (χ2n) is 8.47. The molecule has 1 atom stereocenters. The third kappa shape index (κ3) is 4.63. The summed E-state index contributed by atoms with van der Waals surface area (Å²) in [5, 5.41) is 3.07. The van der Waals surface area contributed by atoms with E-state index in [0.29, 0.717) is 22.6 Å². The van der Waals surface area contributed by atoms with Gasteiger partial charge in [0, 0.05) is 10.4 Å². The third-order valence-corrected chi connectivity index (χ3v) is 7.32. The highest BCUT2D eigenvalue weighted by Crippen LogP contribution is 2.43. The Labute approximate surface area is 224 Å². The molecule has 0 saturated heterocycles. The molecule has 4 rings (SSSR count). The first-order chi connectivity index (χ1) is 18.3. The number of hydrogen-bond acceptors (Lipinski definition) is 8. The summed E-state index contributed by atoms with van der Waals surface area (Å²) in [6, 6.07) is 10.7. The summed E-state index contributed by atoms with van der Waals surface area (Å²) in [6.07, 6.45) is 0.193. The van der Waals surface area contributed by atoms with Crippen molar-refractivity contribution in [1.82, 2.24) is 4.90 Å². The lowest BCUT2D eigenvalue weighted by Gasteiger charge is -2.24. The molecule has 0 spiro atoms. The Hall–Kier alpha value is -4.18. The van der Waals surface area contributed by atoms with Gasteiger partial charge < -0.3 is 19.5 Å². The maximum Gasteiger partial charge on any atom is 0.341 e. The first-order valence-electron chi connectivity index (χ1n) is 12.1. The number of hydrogen-bond donors (Lipinski definition) is 1. The normalized spacial score (nSPS) is 13.2. The summed E-state index contributed by atoms with van der Waals surface area (Å²) in [5.74, 6) is -1.22. The number of methoxy groups -OCH3 is 2. The van der Waals surface area contributed by atoms with Gasteiger partial charge in [-0.2, -0.15) is 0 Å². The smallest absolute Gasteiger partial charge is 0.341 e. The Kier molecular flexibility index (Phi) is 7.82. The van der Waals surface area contributed by atoms with Gasteiger partial charge in [0.05, 0.1) is 32.0 Å². The molecule has 1 N–H and O–H groups in total. The molecule has 2 heterocycles. The fraction of sp³-hybridized carbons (Fsp3) is 0.286. The van der Waals surface area contributed by atoms with Crippen molar-refractivity contribution in [1.29, 1.82) is 0 Å². The maximum atomic E-state index is 13.5. The lowest BCUT2D eigenvalue weighted by atomic mass is 10.0. The van der Waals surface area contributed by atoms with Gasteiger partial charge in [0.2, 0.25) is 5.91 Å². The molecular weight excluding hydrogens is 508 g/mol. The molecule has 1 aliphatic heterocycles. The summed E-state index contributed by atoms with van der Waals surface area (Å²) < 4.78 is 16.1. The van der Waals surface area contributed by atoms with Crippen LogP contribution in [0.15, 0.2) is 42.5 Å². The number of carbonyl (C=O) groups is 4. The van der Waals surface area contributed by atoms with Crippen LogP contribution >= 0.6 is 11.3 Å². The van der Waals surface area contributed by atoms with Crippen molar-refractivity contribution in [3.8, 4) is 22.6 Å². The van der Waals surface area contributed by atoms with Crippen LogP contribution < -0.4 is 14.8 Å². The molecule has 1 aromatic heterocycles. The van der Waals surface area contributed by atoms with Crippen molar-refractivity contribution in [2.75, 3.05) is 26.1 Å². The molecular formula is C28H28N2O7S. The SMILES string of the molecule is CCOC(=O)c1c(NC(=O)C(CC)N2C(=O)c3ccccc3C2=O)sc(C)c1-c1ccc(OC)c(OC)c1. The lowest BCUT2D eigenvalue weighted by Crippen LogP contribution is -2.46. The lowest BCUT2D eigenvalue weighted by molar-refractivity contribution is -0.120. The average Bonchev–Trinajstić information content (AvgIpc) is 3.37. The van der Waals surface area contributed by atoms with Crippen LogP contribution in [0, 0.1) is 6.92 Å². The van der Waals surface area contributed by atoms with Crippen molar-refractivity contribution >= 4 is 40.0 Å². The highest BCUT2D eigenvalue weighted by molar-refractivity contribution is 7.17. The average molecular weight is 537 g/mol. The van der Waals surface area contributed by atoms with E-state index in [1.807, 2.05) is 6.92 Å². The Bertz CT molecular complexity index is 1390. The van der Waals surface area contributed by atoms with Crippen molar-refractivity contribution in [3.63, 3.8) is 0 Å². The first kappa shape index (κ1) is 26.9. The Morgan fingerprint density at radius 3 is 2.16 bits per heavy atom. The fourth-order valence-electron chi connectivity index (χ4n) is 4.54. The molecule has 2 aromatic carbocycles. The molecule has 10 heteroatoms. The number of ether oxygens (including phenoxy) is 3. The number of esters is 1. The summed E-state index contributed by atoms with van der Waals surface area (Å²) in [6.45, 7) is 5.38. The fourth-order valence-corrected chi connectivity index (χ4v) is 5.61. The van der Waals surface area contributed by atoms with Gasteiger partial charge in [0.25, 0.3) is 11.8 Å². The summed E-state index contributed by atoms with van der Waals surface area (Å²) in [7, 11) is 3.05. The summed E-state index contributed by atoms with van der Waals surface area (Å²) in [4.78, 5) is 54.4. The van der Waals surface area contributed by atoms with E-state index in [1.165, 1.54) is 25.6 Å². The second-order valence-corrected chi connectivity index (χ2v) is 9.69. The van der Waals surface area contributed by atoms with Crippen LogP contribution in [0.1, 0.15) is 56.2 Å². The van der Waals surface area contributed by atoms with E-state index < -0.39 is 29.7 Å². The molecule has 38 heavy (non-hydrogen) atoms. The minimum atomic E-state index is -1.07. The Balaban J connectivity index is 1.73. The number of imide groups is 1. The number of amides is 3. The number of aryl methyl sites for hydroxylation is 1. The zero-order valence-electron chi connectivity index (χ0n) is 21.7. The number of fused-ring (bicyclic) bond motifs is 1. The van der Waals surface area contributed by atoms with E-state index in [1.54, 1.807) is 56.3 Å². The van der Waals surface area contributed by atoms with Crippen LogP contribution in [0.25, 0.3) is 11.1 Å². The van der Waals surface area contributed by atoms with Crippen LogP contribution in [0.4, 0.5) is 5.00 Å². The summed E-state index contributed by atoms with van der Waals surface area (Å²) >= 11 is 1.21. The number of rotatable bonds is 9. The molecule has 0 radical (unpaired) electrons. The van der Waals surface area contributed by atoms with Crippen LogP contribution in [0.5, 0.6) is 11.5 Å². The van der Waals surface area contributed by atoms with E-state index >= 15 is 0 Å². The van der Waals surface area contributed by atoms with Crippen LogP contribution in [0.3, 0.4) is 0 Å². The first-order valence-corrected chi connectivity index (χ1v) is 12.9. The largest absolute Gasteiger partial charge is 0.493 e. The molecule has 0 fully saturated rings. The number of nitrogens with one attached hydrogen (secondary N) is 1. The minimum Gasteiger partial charge on any atom is -0.493 e. The van der Waals surface area contributed by atoms with Gasteiger partial charge in [0.15, 0.2) is 11.5 Å². The van der Waals surface area contributed by atoms with Crippen molar-refractivity contribution in [2.24, 2.45) is 0 Å². The van der Waals surface area contributed by atoms with Crippen LogP contribution in [-0.2, 0) is 9.53 Å². The number of anilines is 1. The number of benzene rings is 2. The predicted molar refractivity (Wildman–Crippen MR) is 143 cm³/mol. The Morgan fingerprint density at radius 1 is 0.974 bits per heavy atom. The quantitative estimate of drug-likeness (QED) is 0.305. The van der Waals surface area contributed by atoms with Gasteiger partial charge in [-0.15, -0.1) is 11.3 Å². The summed E-state index contributed by atoms with van der Waals surface area (Å²) in [5.41, 5.74) is 1.97. The van der Waals surface area contributed by atoms with E-state index in [9.17, 15) is 19.2 Å². The van der Waals surface area contributed by atoms with Crippen LogP contribution in [0.2, 0.25) is 0 Å². The second kappa shape index (κ2) is 11.1.